The van der Waals surface area contributed by atoms with Crippen LogP contribution in [0.5, 0.6) is 0 Å². The number of nitrogens with two attached hydrogens (primary N) is 2. The number of alkyl carbamates (subject to hydrolysis) is 2. The van der Waals surface area contributed by atoms with Crippen molar-refractivity contribution in [3.63, 3.8) is 0 Å². The van der Waals surface area contributed by atoms with E-state index < -0.39 is 40.5 Å². The molecule has 1 saturated heterocycles. The molecule has 0 bridgehead atoms. The molecule has 2 aromatic rings. The molecular weight excluding hydrogens is 574 g/mol. The Bertz CT molecular complexity index is 1240. The van der Waals surface area contributed by atoms with Gasteiger partial charge in [-0.15, -0.1) is 0 Å². The third-order valence-corrected chi connectivity index (χ3v) is 8.69. The molecule has 3 rings (SSSR count). The maximum absolute atomic E-state index is 13.9. The fraction of sp³-hybridized carbons (Fsp3) is 0.533. The van der Waals surface area contributed by atoms with E-state index in [0.29, 0.717) is 44.8 Å². The van der Waals surface area contributed by atoms with Crippen molar-refractivity contribution in [1.29, 1.82) is 0 Å². The number of hydrogen-bond donors (Lipinski definition) is 4. The fourth-order valence-electron chi connectivity index (χ4n) is 4.64. The summed E-state index contributed by atoms with van der Waals surface area (Å²) in [6.07, 6.45) is -0.707. The largest absolute Gasteiger partial charge is 0.444 e. The van der Waals surface area contributed by atoms with Gasteiger partial charge in [-0.1, -0.05) is 44.2 Å². The maximum Gasteiger partial charge on any atom is 0.407 e. The first-order valence-corrected chi connectivity index (χ1v) is 16.1. The van der Waals surface area contributed by atoms with E-state index in [-0.39, 0.29) is 30.3 Å². The lowest BCUT2D eigenvalue weighted by atomic mass is 10.0. The highest BCUT2D eigenvalue weighted by molar-refractivity contribution is 7.89. The summed E-state index contributed by atoms with van der Waals surface area (Å²) < 4.78 is 45.8. The van der Waals surface area contributed by atoms with Crippen molar-refractivity contribution in [2.75, 3.05) is 45.1 Å². The number of nitrogens with zero attached hydrogens (tertiary/aromatic N) is 1. The lowest BCUT2D eigenvalue weighted by molar-refractivity contribution is 0.0479. The van der Waals surface area contributed by atoms with Crippen LogP contribution in [0.4, 0.5) is 15.3 Å². The van der Waals surface area contributed by atoms with Gasteiger partial charge in [0.15, 0.2) is 0 Å². The Labute approximate surface area is 254 Å². The van der Waals surface area contributed by atoms with Crippen LogP contribution >= 0.6 is 0 Å². The summed E-state index contributed by atoms with van der Waals surface area (Å²) in [5.41, 5.74) is 12.6. The van der Waals surface area contributed by atoms with Crippen molar-refractivity contribution < 1.29 is 32.2 Å². The van der Waals surface area contributed by atoms with E-state index >= 15 is 0 Å². The Morgan fingerprint density at radius 2 is 1.77 bits per heavy atom. The first-order chi connectivity index (χ1) is 20.6. The van der Waals surface area contributed by atoms with E-state index in [4.69, 9.17) is 25.7 Å². The van der Waals surface area contributed by atoms with Crippen LogP contribution in [0.15, 0.2) is 59.5 Å². The van der Waals surface area contributed by atoms with Crippen LogP contribution in [0.2, 0.25) is 0 Å². The van der Waals surface area contributed by atoms with Gasteiger partial charge in [-0.2, -0.15) is 4.31 Å². The lowest BCUT2D eigenvalue weighted by Crippen LogP contribution is -2.54. The number of carbonyl (C=O) groups excluding carboxylic acids is 2. The van der Waals surface area contributed by atoms with Crippen LogP contribution < -0.4 is 22.1 Å². The Balaban J connectivity index is 1.94. The average Bonchev–Trinajstić information content (AvgIpc) is 3.47. The predicted octanol–water partition coefficient (Wildman–Crippen LogP) is 2.88. The van der Waals surface area contributed by atoms with Gasteiger partial charge >= 0.3 is 12.2 Å². The molecule has 0 aromatic heterocycles. The zero-order chi connectivity index (χ0) is 31.2. The van der Waals surface area contributed by atoms with Gasteiger partial charge in [0.25, 0.3) is 0 Å². The minimum absolute atomic E-state index is 0.0536. The Morgan fingerprint density at radius 1 is 1.05 bits per heavy atom. The molecule has 3 atom stereocenters. The molecule has 13 heteroatoms. The zero-order valence-electron chi connectivity index (χ0n) is 24.9. The topological polar surface area (TPSA) is 175 Å². The van der Waals surface area contributed by atoms with Crippen LogP contribution in [-0.2, 0) is 30.7 Å². The molecule has 2 amide bonds. The van der Waals surface area contributed by atoms with E-state index in [1.165, 1.54) is 28.6 Å². The summed E-state index contributed by atoms with van der Waals surface area (Å²) in [5.74, 6) is -0.0536. The van der Waals surface area contributed by atoms with E-state index in [0.717, 1.165) is 12.0 Å². The minimum Gasteiger partial charge on any atom is -0.444 e. The normalized spacial score (nSPS) is 16.5. The number of nitrogen functional groups attached to an aromatic ring is 1. The highest BCUT2D eigenvalue weighted by Gasteiger charge is 2.35. The van der Waals surface area contributed by atoms with Crippen LogP contribution in [0.25, 0.3) is 0 Å². The number of carbonyl (C=O) groups is 2. The quantitative estimate of drug-likeness (QED) is 0.163. The second kappa shape index (κ2) is 17.0. The van der Waals surface area contributed by atoms with Crippen molar-refractivity contribution in [2.45, 2.75) is 62.7 Å². The van der Waals surface area contributed by atoms with Crippen LogP contribution in [0.3, 0.4) is 0 Å². The predicted molar refractivity (Wildman–Crippen MR) is 164 cm³/mol. The van der Waals surface area contributed by atoms with E-state index in [9.17, 15) is 18.0 Å². The summed E-state index contributed by atoms with van der Waals surface area (Å²) in [7, 11) is -4.03. The number of rotatable bonds is 16. The van der Waals surface area contributed by atoms with Crippen LogP contribution in [-0.4, -0.2) is 82.6 Å². The third kappa shape index (κ3) is 11.3. The van der Waals surface area contributed by atoms with Gasteiger partial charge in [-0.05, 0) is 61.6 Å². The number of benzene rings is 2. The number of unbranched alkanes of at least 4 members (excludes halogenated alkanes) is 1. The lowest BCUT2D eigenvalue weighted by Gasteiger charge is -2.33. The molecule has 1 heterocycles. The molecule has 0 radical (unpaired) electrons. The molecule has 43 heavy (non-hydrogen) atoms. The second-order valence-electron chi connectivity index (χ2n) is 11.0. The average molecular weight is 620 g/mol. The number of hydrogen-bond acceptors (Lipinski definition) is 9. The standard InChI is InChI=1S/C30H45N5O7S/c1-22(2)19-35(43(38,39)26-12-10-24(32)11-13-26)20-28(42-29(36)33-16-7-6-15-31)27(18-23-8-4-3-5-9-23)34-30(37)41-25-14-17-40-21-25/h3-5,8-13,22,25,27-28H,6-7,14-21,31-32H2,1-2H3,(H,33,36)(H,34,37)/t25-,27+,28-/m0/s1. The molecule has 6 N–H and O–H groups in total. The van der Waals surface area contributed by atoms with Crippen molar-refractivity contribution in [3.8, 4) is 0 Å². The van der Waals surface area contributed by atoms with Crippen molar-refractivity contribution >= 4 is 27.9 Å². The van der Waals surface area contributed by atoms with Crippen molar-refractivity contribution in [1.82, 2.24) is 14.9 Å². The van der Waals surface area contributed by atoms with Gasteiger partial charge in [0.05, 0.1) is 30.7 Å². The van der Waals surface area contributed by atoms with E-state index in [1.807, 2.05) is 44.2 Å². The van der Waals surface area contributed by atoms with Gasteiger partial charge in [0, 0.05) is 25.2 Å². The smallest absolute Gasteiger partial charge is 0.407 e. The summed E-state index contributed by atoms with van der Waals surface area (Å²) >= 11 is 0. The SMILES string of the molecule is CC(C)CN(C[C@H](OC(=O)NCCCCN)[C@@H](Cc1ccccc1)NC(=O)O[C@H]1CCOC1)S(=O)(=O)c1ccc(N)cc1. The molecule has 1 fully saturated rings. The van der Waals surface area contributed by atoms with E-state index in [2.05, 4.69) is 10.6 Å². The highest BCUT2D eigenvalue weighted by Crippen LogP contribution is 2.22. The molecule has 0 aliphatic carbocycles. The molecule has 2 aromatic carbocycles. The van der Waals surface area contributed by atoms with E-state index in [1.54, 1.807) is 0 Å². The summed E-state index contributed by atoms with van der Waals surface area (Å²) in [5, 5.41) is 5.57. The van der Waals surface area contributed by atoms with Gasteiger partial charge in [-0.25, -0.2) is 18.0 Å². The van der Waals surface area contributed by atoms with Crippen molar-refractivity contribution in [2.24, 2.45) is 11.7 Å². The fourth-order valence-corrected chi connectivity index (χ4v) is 6.26. The van der Waals surface area contributed by atoms with Gasteiger partial charge in [0.1, 0.15) is 12.2 Å². The molecule has 0 unspecified atom stereocenters. The van der Waals surface area contributed by atoms with Gasteiger partial charge in [-0.3, -0.25) is 0 Å². The molecule has 1 aliphatic rings. The molecule has 12 nitrogen and oxygen atoms in total. The Kier molecular flexibility index (Phi) is 13.5. The maximum atomic E-state index is 13.9. The summed E-state index contributed by atoms with van der Waals surface area (Å²) in [6.45, 7) is 5.33. The molecule has 1 aliphatic heterocycles. The number of ether oxygens (including phenoxy) is 3. The first kappa shape index (κ1) is 34.1. The van der Waals surface area contributed by atoms with Gasteiger partial charge < -0.3 is 36.3 Å². The molecule has 0 saturated carbocycles. The summed E-state index contributed by atoms with van der Waals surface area (Å²) in [6, 6.07) is 14.4. The monoisotopic (exact) mass is 619 g/mol. The van der Waals surface area contributed by atoms with Crippen LogP contribution in [0.1, 0.15) is 38.7 Å². The number of anilines is 1. The summed E-state index contributed by atoms with van der Waals surface area (Å²) in [4.78, 5) is 26.1. The highest BCUT2D eigenvalue weighted by atomic mass is 32.2. The number of sulfonamides is 1. The first-order valence-electron chi connectivity index (χ1n) is 14.7. The zero-order valence-corrected chi connectivity index (χ0v) is 25.8. The minimum atomic E-state index is -4.03. The van der Waals surface area contributed by atoms with Gasteiger partial charge in [0.2, 0.25) is 10.0 Å². The third-order valence-electron chi connectivity index (χ3n) is 6.84. The molecule has 0 spiro atoms. The Morgan fingerprint density at radius 3 is 2.40 bits per heavy atom. The number of amides is 2. The van der Waals surface area contributed by atoms with Crippen LogP contribution in [0, 0.1) is 5.92 Å². The Hall–Kier alpha value is -3.39. The van der Waals surface area contributed by atoms with Crippen molar-refractivity contribution in [3.05, 3.63) is 60.2 Å². The number of nitrogens with one attached hydrogen (secondary N) is 2. The molecule has 238 valence electrons. The molecular formula is C30H45N5O7S. The second-order valence-corrected chi connectivity index (χ2v) is 12.9.